The highest BCUT2D eigenvalue weighted by Gasteiger charge is 2.23. The largest absolute Gasteiger partial charge is 0.493 e. The first-order valence-corrected chi connectivity index (χ1v) is 8.82. The number of carbonyl (C=O) groups excluding carboxylic acids is 1. The number of anilines is 1. The second kappa shape index (κ2) is 7.43. The first-order chi connectivity index (χ1) is 12.9. The van der Waals surface area contributed by atoms with Crippen LogP contribution in [0.1, 0.15) is 21.7 Å². The van der Waals surface area contributed by atoms with Crippen LogP contribution in [0, 0.1) is 13.8 Å². The molecule has 0 radical (unpaired) electrons. The van der Waals surface area contributed by atoms with Gasteiger partial charge in [0.25, 0.3) is 5.91 Å². The molecule has 9 heteroatoms. The van der Waals surface area contributed by atoms with Crippen molar-refractivity contribution in [2.45, 2.75) is 13.8 Å². The van der Waals surface area contributed by atoms with Crippen LogP contribution in [0.15, 0.2) is 22.8 Å². The maximum atomic E-state index is 12.9. The highest BCUT2D eigenvalue weighted by atomic mass is 79.9. The molecule has 0 spiro atoms. The number of hydrogen-bond donors (Lipinski definition) is 1. The van der Waals surface area contributed by atoms with Crippen molar-refractivity contribution in [3.05, 3.63) is 39.8 Å². The number of nitrogens with one attached hydrogen (secondary N) is 1. The number of amides is 1. The van der Waals surface area contributed by atoms with Gasteiger partial charge in [0, 0.05) is 0 Å². The lowest BCUT2D eigenvalue weighted by molar-refractivity contribution is 0.102. The lowest BCUT2D eigenvalue weighted by Crippen LogP contribution is -2.14. The number of methoxy groups -OCH3 is 3. The molecule has 0 aliphatic heterocycles. The summed E-state index contributed by atoms with van der Waals surface area (Å²) in [5.41, 5.74) is 2.59. The Morgan fingerprint density at radius 2 is 1.81 bits per heavy atom. The minimum Gasteiger partial charge on any atom is -0.493 e. The van der Waals surface area contributed by atoms with Crippen LogP contribution < -0.4 is 19.5 Å². The third-order valence-corrected chi connectivity index (χ3v) is 4.78. The fraction of sp³-hybridized carbons (Fsp3) is 0.278. The van der Waals surface area contributed by atoms with Gasteiger partial charge in [-0.05, 0) is 47.5 Å². The summed E-state index contributed by atoms with van der Waals surface area (Å²) in [6.07, 6.45) is 1.71. The Morgan fingerprint density at radius 1 is 1.11 bits per heavy atom. The van der Waals surface area contributed by atoms with Gasteiger partial charge in [0.05, 0.1) is 43.2 Å². The first-order valence-electron chi connectivity index (χ1n) is 8.03. The third-order valence-electron chi connectivity index (χ3n) is 4.00. The predicted octanol–water partition coefficient (Wildman–Crippen LogP) is 3.39. The van der Waals surface area contributed by atoms with Crippen molar-refractivity contribution in [2.75, 3.05) is 26.6 Å². The highest BCUT2D eigenvalue weighted by molar-refractivity contribution is 9.10. The zero-order chi connectivity index (χ0) is 19.7. The molecule has 0 bridgehead atoms. The smallest absolute Gasteiger partial charge is 0.257 e. The summed E-state index contributed by atoms with van der Waals surface area (Å²) in [5, 5.41) is 7.17. The molecular weight excluding hydrogens is 416 g/mol. The summed E-state index contributed by atoms with van der Waals surface area (Å²) in [4.78, 5) is 17.2. The number of halogens is 1. The van der Waals surface area contributed by atoms with E-state index in [4.69, 9.17) is 14.2 Å². The zero-order valence-corrected chi connectivity index (χ0v) is 17.2. The van der Waals surface area contributed by atoms with Crippen molar-refractivity contribution < 1.29 is 19.0 Å². The second-order valence-corrected chi connectivity index (χ2v) is 6.59. The fourth-order valence-corrected chi connectivity index (χ4v) is 3.45. The average molecular weight is 435 g/mol. The number of carbonyl (C=O) groups is 1. The molecule has 8 nitrogen and oxygen atoms in total. The topological polar surface area (TPSA) is 87.0 Å². The van der Waals surface area contributed by atoms with Crippen LogP contribution >= 0.6 is 15.9 Å². The van der Waals surface area contributed by atoms with Crippen molar-refractivity contribution in [3.63, 3.8) is 0 Å². The summed E-state index contributed by atoms with van der Waals surface area (Å²) in [7, 11) is 4.50. The van der Waals surface area contributed by atoms with Gasteiger partial charge in [0.2, 0.25) is 5.75 Å². The maximum absolute atomic E-state index is 12.9. The zero-order valence-electron chi connectivity index (χ0n) is 15.6. The van der Waals surface area contributed by atoms with E-state index >= 15 is 0 Å². The van der Waals surface area contributed by atoms with Crippen molar-refractivity contribution in [3.8, 4) is 17.2 Å². The number of aromatic nitrogens is 3. The van der Waals surface area contributed by atoms with Crippen LogP contribution in [-0.4, -0.2) is 41.8 Å². The SMILES string of the molecule is COc1cc(C(=O)Nc2cc(C)c3nc(C)nn3c2)c(Br)c(OC)c1OC. The van der Waals surface area contributed by atoms with E-state index in [0.29, 0.717) is 38.8 Å². The number of rotatable bonds is 5. The molecule has 0 aliphatic carbocycles. The summed E-state index contributed by atoms with van der Waals surface area (Å²) < 4.78 is 18.1. The number of fused-ring (bicyclic) bond motifs is 1. The Hall–Kier alpha value is -2.81. The number of hydrogen-bond acceptors (Lipinski definition) is 6. The van der Waals surface area contributed by atoms with E-state index in [2.05, 4.69) is 31.3 Å². The number of pyridine rings is 1. The van der Waals surface area contributed by atoms with Crippen molar-refractivity contribution in [1.82, 2.24) is 14.6 Å². The number of aryl methyl sites for hydroxylation is 2. The lowest BCUT2D eigenvalue weighted by atomic mass is 10.1. The van der Waals surface area contributed by atoms with E-state index in [9.17, 15) is 4.79 Å². The van der Waals surface area contributed by atoms with E-state index in [1.165, 1.54) is 21.3 Å². The minimum atomic E-state index is -0.336. The molecule has 1 N–H and O–H groups in total. The number of ether oxygens (including phenoxy) is 3. The second-order valence-electron chi connectivity index (χ2n) is 5.80. The van der Waals surface area contributed by atoms with Crippen molar-refractivity contribution >= 4 is 33.2 Å². The summed E-state index contributed by atoms with van der Waals surface area (Å²) in [6.45, 7) is 3.73. The lowest BCUT2D eigenvalue weighted by Gasteiger charge is -2.16. The third kappa shape index (κ3) is 3.42. The molecule has 0 aliphatic rings. The van der Waals surface area contributed by atoms with E-state index in [1.54, 1.807) is 16.8 Å². The van der Waals surface area contributed by atoms with Crippen molar-refractivity contribution in [2.24, 2.45) is 0 Å². The van der Waals surface area contributed by atoms with E-state index < -0.39 is 0 Å². The number of benzene rings is 1. The van der Waals surface area contributed by atoms with Crippen LogP contribution in [0.5, 0.6) is 17.2 Å². The fourth-order valence-electron chi connectivity index (χ4n) is 2.81. The normalized spacial score (nSPS) is 10.7. The van der Waals surface area contributed by atoms with Crippen LogP contribution in [0.2, 0.25) is 0 Å². The van der Waals surface area contributed by atoms with Crippen molar-refractivity contribution in [1.29, 1.82) is 0 Å². The molecule has 0 fully saturated rings. The van der Waals surface area contributed by atoms with Gasteiger partial charge in [-0.2, -0.15) is 5.10 Å². The molecule has 3 aromatic rings. The van der Waals surface area contributed by atoms with Gasteiger partial charge in [0.1, 0.15) is 5.82 Å². The number of nitrogens with zero attached hydrogens (tertiary/aromatic N) is 3. The standard InChI is InChI=1S/C18H19BrN4O4/c1-9-6-11(8-23-17(9)20-10(2)22-23)21-18(24)12-7-13(25-3)15(26-4)16(27-5)14(12)19/h6-8H,1-5H3,(H,21,24). The average Bonchev–Trinajstić information content (AvgIpc) is 3.01. The molecule has 0 saturated heterocycles. The minimum absolute atomic E-state index is 0.336. The van der Waals surface area contributed by atoms with Crippen LogP contribution in [0.4, 0.5) is 5.69 Å². The molecule has 0 atom stereocenters. The summed E-state index contributed by atoms with van der Waals surface area (Å²) in [6, 6.07) is 3.43. The van der Waals surface area contributed by atoms with Crippen LogP contribution in [0.3, 0.4) is 0 Å². The molecule has 0 saturated carbocycles. The molecule has 1 amide bonds. The monoisotopic (exact) mass is 434 g/mol. The van der Waals surface area contributed by atoms with E-state index in [-0.39, 0.29) is 5.91 Å². The van der Waals surface area contributed by atoms with Crippen LogP contribution in [-0.2, 0) is 0 Å². The Morgan fingerprint density at radius 3 is 2.44 bits per heavy atom. The molecule has 2 aromatic heterocycles. The molecular formula is C18H19BrN4O4. The van der Waals surface area contributed by atoms with Crippen LogP contribution in [0.25, 0.3) is 5.65 Å². The Balaban J connectivity index is 2.01. The van der Waals surface area contributed by atoms with Gasteiger partial charge in [-0.1, -0.05) is 0 Å². The summed E-state index contributed by atoms with van der Waals surface area (Å²) >= 11 is 3.42. The Bertz CT molecular complexity index is 1030. The van der Waals surface area contributed by atoms with E-state index in [0.717, 1.165) is 11.2 Å². The molecule has 0 unspecified atom stereocenters. The maximum Gasteiger partial charge on any atom is 0.257 e. The van der Waals surface area contributed by atoms with E-state index in [1.807, 2.05) is 19.9 Å². The van der Waals surface area contributed by atoms with Gasteiger partial charge >= 0.3 is 0 Å². The highest BCUT2D eigenvalue weighted by Crippen LogP contribution is 2.44. The van der Waals surface area contributed by atoms with Gasteiger partial charge in [0.15, 0.2) is 17.1 Å². The van der Waals surface area contributed by atoms with Gasteiger partial charge in [-0.25, -0.2) is 9.50 Å². The first kappa shape index (κ1) is 19.0. The molecule has 2 heterocycles. The van der Waals surface area contributed by atoms with Gasteiger partial charge < -0.3 is 19.5 Å². The Kier molecular flexibility index (Phi) is 5.22. The molecule has 3 rings (SSSR count). The Labute approximate surface area is 164 Å². The predicted molar refractivity (Wildman–Crippen MR) is 104 cm³/mol. The van der Waals surface area contributed by atoms with Gasteiger partial charge in [-0.3, -0.25) is 4.79 Å². The molecule has 27 heavy (non-hydrogen) atoms. The molecule has 142 valence electrons. The quantitative estimate of drug-likeness (QED) is 0.661. The summed E-state index contributed by atoms with van der Waals surface area (Å²) in [5.74, 6) is 1.49. The molecule has 1 aromatic carbocycles. The van der Waals surface area contributed by atoms with Gasteiger partial charge in [-0.15, -0.1) is 0 Å².